The average Bonchev–Trinajstić information content (AvgIpc) is 2.53. The molecule has 102 valence electrons. The lowest BCUT2D eigenvalue weighted by molar-refractivity contribution is -0.310. The number of alkyl halides is 3. The average molecular weight is 281 g/mol. The zero-order chi connectivity index (χ0) is 13.7. The van der Waals surface area contributed by atoms with E-state index in [-0.39, 0.29) is 12.3 Å². The van der Waals surface area contributed by atoms with Gasteiger partial charge in [0.25, 0.3) is 5.72 Å². The number of aliphatic hydroxyl groups is 1. The SMILES string of the molecule is C[C@@H]1CCC2=NN(C(N)=S)[C@](O)(C(F)(F)F)[C@@H]2C1. The van der Waals surface area contributed by atoms with Crippen molar-refractivity contribution in [2.45, 2.75) is 38.1 Å². The molecule has 0 saturated heterocycles. The molecule has 2 aliphatic rings. The second kappa shape index (κ2) is 4.06. The number of fused-ring (bicyclic) bond motifs is 1. The van der Waals surface area contributed by atoms with Crippen molar-refractivity contribution in [2.75, 3.05) is 0 Å². The lowest BCUT2D eigenvalue weighted by Gasteiger charge is -2.39. The second-order valence-electron chi connectivity index (χ2n) is 4.90. The first kappa shape index (κ1) is 13.5. The van der Waals surface area contributed by atoms with Crippen LogP contribution in [-0.2, 0) is 0 Å². The van der Waals surface area contributed by atoms with E-state index >= 15 is 0 Å². The van der Waals surface area contributed by atoms with Gasteiger partial charge in [0.1, 0.15) is 0 Å². The van der Waals surface area contributed by atoms with Crippen LogP contribution in [0.1, 0.15) is 26.2 Å². The first-order chi connectivity index (χ1) is 8.18. The molecule has 1 aliphatic heterocycles. The van der Waals surface area contributed by atoms with Crippen LogP contribution in [0, 0.1) is 11.8 Å². The summed E-state index contributed by atoms with van der Waals surface area (Å²) in [6.45, 7) is 1.86. The lowest BCUT2D eigenvalue weighted by atomic mass is 9.76. The largest absolute Gasteiger partial charge is 0.439 e. The van der Waals surface area contributed by atoms with Crippen LogP contribution in [0.2, 0.25) is 0 Å². The fraction of sp³-hybridized carbons (Fsp3) is 0.800. The number of halogens is 3. The molecule has 0 unspecified atom stereocenters. The van der Waals surface area contributed by atoms with E-state index in [0.717, 1.165) is 6.42 Å². The summed E-state index contributed by atoms with van der Waals surface area (Å²) in [5, 5.41) is 13.6. The molecule has 0 amide bonds. The summed E-state index contributed by atoms with van der Waals surface area (Å²) in [6, 6.07) is 0. The van der Waals surface area contributed by atoms with Crippen molar-refractivity contribution in [3.8, 4) is 0 Å². The van der Waals surface area contributed by atoms with Crippen molar-refractivity contribution in [1.29, 1.82) is 0 Å². The predicted octanol–water partition coefficient (Wildman–Crippen LogP) is 1.59. The van der Waals surface area contributed by atoms with E-state index in [9.17, 15) is 18.3 Å². The molecule has 0 aromatic heterocycles. The minimum atomic E-state index is -4.86. The van der Waals surface area contributed by atoms with Crippen molar-refractivity contribution < 1.29 is 18.3 Å². The summed E-state index contributed by atoms with van der Waals surface area (Å²) in [6.07, 6.45) is -3.44. The Morgan fingerprint density at radius 1 is 1.61 bits per heavy atom. The fourth-order valence-corrected chi connectivity index (χ4v) is 2.81. The van der Waals surface area contributed by atoms with Gasteiger partial charge in [-0.15, -0.1) is 0 Å². The van der Waals surface area contributed by atoms with E-state index in [1.54, 1.807) is 0 Å². The van der Waals surface area contributed by atoms with Gasteiger partial charge in [-0.05, 0) is 37.4 Å². The van der Waals surface area contributed by atoms with E-state index in [2.05, 4.69) is 17.3 Å². The quantitative estimate of drug-likeness (QED) is 0.662. The lowest BCUT2D eigenvalue weighted by Crippen LogP contribution is -2.62. The van der Waals surface area contributed by atoms with E-state index < -0.39 is 22.9 Å². The summed E-state index contributed by atoms with van der Waals surface area (Å²) in [5.41, 5.74) is 2.49. The third-order valence-electron chi connectivity index (χ3n) is 3.60. The molecular weight excluding hydrogens is 267 g/mol. The maximum absolute atomic E-state index is 13.2. The molecule has 0 spiro atoms. The summed E-state index contributed by atoms with van der Waals surface area (Å²) >= 11 is 4.56. The summed E-state index contributed by atoms with van der Waals surface area (Å²) < 4.78 is 39.5. The van der Waals surface area contributed by atoms with Crippen molar-refractivity contribution in [3.05, 3.63) is 0 Å². The first-order valence-electron chi connectivity index (χ1n) is 5.64. The Morgan fingerprint density at radius 2 is 2.22 bits per heavy atom. The van der Waals surface area contributed by atoms with Crippen molar-refractivity contribution in [3.63, 3.8) is 0 Å². The van der Waals surface area contributed by atoms with Crippen LogP contribution in [0.25, 0.3) is 0 Å². The Balaban J connectivity index is 2.45. The molecule has 18 heavy (non-hydrogen) atoms. The van der Waals surface area contributed by atoms with Crippen LogP contribution in [0.4, 0.5) is 13.2 Å². The van der Waals surface area contributed by atoms with Crippen molar-refractivity contribution >= 4 is 23.0 Å². The van der Waals surface area contributed by atoms with Gasteiger partial charge in [-0.3, -0.25) is 0 Å². The standard InChI is InChI=1S/C10H14F3N3OS/c1-5-2-3-7-6(4-5)9(17,10(11,12)13)16(15-7)8(14)18/h5-6,17H,2-4H2,1H3,(H2,14,18)/t5-,6-,9-/m1/s1. The van der Waals surface area contributed by atoms with E-state index in [4.69, 9.17) is 5.73 Å². The van der Waals surface area contributed by atoms with Gasteiger partial charge in [-0.25, -0.2) is 0 Å². The molecule has 0 radical (unpaired) electrons. The molecule has 2 rings (SSSR count). The van der Waals surface area contributed by atoms with Crippen LogP contribution >= 0.6 is 12.2 Å². The maximum atomic E-state index is 13.2. The van der Waals surface area contributed by atoms with Gasteiger partial charge in [0.2, 0.25) is 0 Å². The van der Waals surface area contributed by atoms with Crippen LogP contribution in [0.5, 0.6) is 0 Å². The highest BCUT2D eigenvalue weighted by molar-refractivity contribution is 7.80. The van der Waals surface area contributed by atoms with E-state index in [1.165, 1.54) is 0 Å². The molecule has 0 aromatic carbocycles. The maximum Gasteiger partial charge on any atom is 0.439 e. The minimum Gasteiger partial charge on any atom is -0.375 e. The Hall–Kier alpha value is -0.890. The van der Waals surface area contributed by atoms with Gasteiger partial charge in [0, 0.05) is 5.71 Å². The first-order valence-corrected chi connectivity index (χ1v) is 6.05. The van der Waals surface area contributed by atoms with Crippen LogP contribution in [-0.4, -0.2) is 32.8 Å². The molecule has 1 aliphatic carbocycles. The van der Waals surface area contributed by atoms with Gasteiger partial charge in [0.15, 0.2) is 5.11 Å². The fourth-order valence-electron chi connectivity index (χ4n) is 2.63. The van der Waals surface area contributed by atoms with Gasteiger partial charge in [0.05, 0.1) is 5.92 Å². The van der Waals surface area contributed by atoms with Gasteiger partial charge >= 0.3 is 6.18 Å². The molecule has 0 bridgehead atoms. The number of hydrogen-bond acceptors (Lipinski definition) is 3. The molecular formula is C10H14F3N3OS. The second-order valence-corrected chi connectivity index (χ2v) is 5.32. The van der Waals surface area contributed by atoms with Gasteiger partial charge in [-0.1, -0.05) is 6.92 Å². The summed E-state index contributed by atoms with van der Waals surface area (Å²) in [7, 11) is 0. The normalized spacial score (nSPS) is 36.3. The number of nitrogens with zero attached hydrogens (tertiary/aromatic N) is 2. The molecule has 1 saturated carbocycles. The Kier molecular flexibility index (Phi) is 3.05. The summed E-state index contributed by atoms with van der Waals surface area (Å²) in [5.74, 6) is -0.975. The van der Waals surface area contributed by atoms with Crippen molar-refractivity contribution in [1.82, 2.24) is 5.01 Å². The molecule has 1 fully saturated rings. The zero-order valence-corrected chi connectivity index (χ0v) is 10.6. The van der Waals surface area contributed by atoms with Gasteiger partial charge < -0.3 is 10.8 Å². The third-order valence-corrected chi connectivity index (χ3v) is 3.77. The summed E-state index contributed by atoms with van der Waals surface area (Å²) in [4.78, 5) is 0. The monoisotopic (exact) mass is 281 g/mol. The number of rotatable bonds is 0. The van der Waals surface area contributed by atoms with E-state index in [1.807, 2.05) is 6.92 Å². The molecule has 3 N–H and O–H groups in total. The Bertz CT molecular complexity index is 412. The highest BCUT2D eigenvalue weighted by Crippen LogP contribution is 2.48. The third kappa shape index (κ3) is 1.78. The topological polar surface area (TPSA) is 61.8 Å². The van der Waals surface area contributed by atoms with Gasteiger partial charge in [-0.2, -0.15) is 23.3 Å². The zero-order valence-electron chi connectivity index (χ0n) is 9.74. The highest BCUT2D eigenvalue weighted by atomic mass is 32.1. The smallest absolute Gasteiger partial charge is 0.375 e. The number of hydrazone groups is 1. The number of nitrogens with two attached hydrogens (primary N) is 1. The molecule has 4 nitrogen and oxygen atoms in total. The van der Waals surface area contributed by atoms with Crippen molar-refractivity contribution in [2.24, 2.45) is 22.7 Å². The minimum absolute atomic E-state index is 0.106. The van der Waals surface area contributed by atoms with E-state index in [0.29, 0.717) is 17.1 Å². The number of hydrogen-bond donors (Lipinski definition) is 2. The Morgan fingerprint density at radius 3 is 2.72 bits per heavy atom. The Labute approximate surface area is 108 Å². The molecule has 0 aromatic rings. The number of thiocarbonyl (C=S) groups is 1. The molecule has 8 heteroatoms. The molecule has 1 heterocycles. The predicted molar refractivity (Wildman–Crippen MR) is 63.6 cm³/mol. The van der Waals surface area contributed by atoms with Crippen LogP contribution in [0.15, 0.2) is 5.10 Å². The molecule has 3 atom stereocenters. The highest BCUT2D eigenvalue weighted by Gasteiger charge is 2.68. The van der Waals surface area contributed by atoms with Crippen LogP contribution < -0.4 is 5.73 Å². The van der Waals surface area contributed by atoms with Crippen LogP contribution in [0.3, 0.4) is 0 Å².